The SMILES string of the molecule is Clc1ccccc1.Cn1cncc1-c1ccnc(N)n1. The molecule has 2 N–H and O–H groups in total. The maximum absolute atomic E-state index is 5.54. The van der Waals surface area contributed by atoms with Gasteiger partial charge in [0, 0.05) is 18.3 Å². The Labute approximate surface area is 122 Å². The Hall–Kier alpha value is -2.40. The number of hydrogen-bond acceptors (Lipinski definition) is 4. The molecule has 0 atom stereocenters. The van der Waals surface area contributed by atoms with Gasteiger partial charge in [0.15, 0.2) is 0 Å². The van der Waals surface area contributed by atoms with E-state index in [1.165, 1.54) is 0 Å². The van der Waals surface area contributed by atoms with Crippen LogP contribution in [0, 0.1) is 0 Å². The molecular formula is C14H14ClN5. The minimum Gasteiger partial charge on any atom is -0.368 e. The molecule has 3 rings (SSSR count). The first-order valence-electron chi connectivity index (χ1n) is 5.92. The summed E-state index contributed by atoms with van der Waals surface area (Å²) in [6.07, 6.45) is 5.08. The van der Waals surface area contributed by atoms with E-state index in [1.807, 2.05) is 41.9 Å². The molecule has 2 aromatic heterocycles. The molecule has 6 heteroatoms. The Morgan fingerprint density at radius 1 is 1.15 bits per heavy atom. The van der Waals surface area contributed by atoms with Crippen LogP contribution in [0.5, 0.6) is 0 Å². The maximum Gasteiger partial charge on any atom is 0.220 e. The molecular weight excluding hydrogens is 274 g/mol. The Morgan fingerprint density at radius 3 is 2.40 bits per heavy atom. The van der Waals surface area contributed by atoms with Gasteiger partial charge in [-0.05, 0) is 18.2 Å². The first kappa shape index (κ1) is 14.0. The lowest BCUT2D eigenvalue weighted by molar-refractivity contribution is 0.915. The molecule has 20 heavy (non-hydrogen) atoms. The summed E-state index contributed by atoms with van der Waals surface area (Å²) < 4.78 is 1.88. The zero-order chi connectivity index (χ0) is 14.4. The minimum atomic E-state index is 0.277. The van der Waals surface area contributed by atoms with E-state index in [9.17, 15) is 0 Å². The van der Waals surface area contributed by atoms with Crippen LogP contribution in [0.1, 0.15) is 0 Å². The molecule has 0 fully saturated rings. The Kier molecular flexibility index (Phi) is 4.68. The smallest absolute Gasteiger partial charge is 0.220 e. The first-order chi connectivity index (χ1) is 9.66. The summed E-state index contributed by atoms with van der Waals surface area (Å²) in [7, 11) is 1.90. The maximum atomic E-state index is 5.54. The van der Waals surface area contributed by atoms with E-state index in [2.05, 4.69) is 15.0 Å². The normalized spacial score (nSPS) is 9.70. The van der Waals surface area contributed by atoms with Crippen LogP contribution in [-0.4, -0.2) is 19.5 Å². The molecule has 0 aliphatic carbocycles. The van der Waals surface area contributed by atoms with Crippen LogP contribution < -0.4 is 5.73 Å². The average molecular weight is 288 g/mol. The van der Waals surface area contributed by atoms with Gasteiger partial charge in [0.2, 0.25) is 5.95 Å². The predicted molar refractivity (Wildman–Crippen MR) is 80.1 cm³/mol. The van der Waals surface area contributed by atoms with Crippen molar-refractivity contribution in [3.05, 3.63) is 60.1 Å². The molecule has 0 saturated carbocycles. The highest BCUT2D eigenvalue weighted by molar-refractivity contribution is 6.30. The molecule has 0 unspecified atom stereocenters. The molecule has 0 spiro atoms. The molecule has 0 aliphatic rings. The number of anilines is 1. The zero-order valence-electron chi connectivity index (χ0n) is 10.9. The Morgan fingerprint density at radius 2 is 1.90 bits per heavy atom. The van der Waals surface area contributed by atoms with Gasteiger partial charge in [-0.3, -0.25) is 0 Å². The van der Waals surface area contributed by atoms with Crippen molar-refractivity contribution in [1.29, 1.82) is 0 Å². The number of nitrogen functional groups attached to an aromatic ring is 1. The fourth-order valence-electron chi connectivity index (χ4n) is 1.54. The van der Waals surface area contributed by atoms with Crippen molar-refractivity contribution >= 4 is 17.5 Å². The number of hydrogen-bond donors (Lipinski definition) is 1. The predicted octanol–water partition coefficient (Wildman–Crippen LogP) is 2.80. The van der Waals surface area contributed by atoms with Gasteiger partial charge in [-0.15, -0.1) is 0 Å². The Bertz CT molecular complexity index is 666. The van der Waals surface area contributed by atoms with Crippen LogP contribution >= 0.6 is 11.6 Å². The van der Waals surface area contributed by atoms with Gasteiger partial charge < -0.3 is 10.3 Å². The lowest BCUT2D eigenvalue weighted by atomic mass is 10.3. The third-order valence-electron chi connectivity index (χ3n) is 2.49. The number of aromatic nitrogens is 4. The van der Waals surface area contributed by atoms with E-state index in [4.69, 9.17) is 17.3 Å². The van der Waals surface area contributed by atoms with Crippen LogP contribution in [0.3, 0.4) is 0 Å². The molecule has 3 aromatic rings. The van der Waals surface area contributed by atoms with Gasteiger partial charge in [0.05, 0.1) is 23.9 Å². The van der Waals surface area contributed by atoms with Gasteiger partial charge in [0.25, 0.3) is 0 Å². The topological polar surface area (TPSA) is 69.6 Å². The van der Waals surface area contributed by atoms with E-state index >= 15 is 0 Å². The number of nitrogens with zero attached hydrogens (tertiary/aromatic N) is 4. The number of benzene rings is 1. The number of nitrogens with two attached hydrogens (primary N) is 1. The molecule has 0 saturated heterocycles. The van der Waals surface area contributed by atoms with Gasteiger partial charge in [-0.25, -0.2) is 15.0 Å². The molecule has 2 heterocycles. The zero-order valence-corrected chi connectivity index (χ0v) is 11.7. The molecule has 5 nitrogen and oxygen atoms in total. The second-order valence-corrected chi connectivity index (χ2v) is 4.42. The van der Waals surface area contributed by atoms with Crippen molar-refractivity contribution in [2.45, 2.75) is 0 Å². The van der Waals surface area contributed by atoms with E-state index < -0.39 is 0 Å². The number of rotatable bonds is 1. The summed E-state index contributed by atoms with van der Waals surface area (Å²) in [6.45, 7) is 0. The number of imidazole rings is 1. The van der Waals surface area contributed by atoms with Crippen molar-refractivity contribution < 1.29 is 0 Å². The molecule has 0 bridgehead atoms. The van der Waals surface area contributed by atoms with Crippen LogP contribution in [0.25, 0.3) is 11.4 Å². The van der Waals surface area contributed by atoms with Gasteiger partial charge in [0.1, 0.15) is 0 Å². The third kappa shape index (κ3) is 3.80. The van der Waals surface area contributed by atoms with E-state index in [1.54, 1.807) is 24.8 Å². The summed E-state index contributed by atoms with van der Waals surface area (Å²) >= 11 is 5.54. The van der Waals surface area contributed by atoms with Crippen molar-refractivity contribution in [3.8, 4) is 11.4 Å². The Balaban J connectivity index is 0.000000178. The highest BCUT2D eigenvalue weighted by atomic mass is 35.5. The summed E-state index contributed by atoms with van der Waals surface area (Å²) in [5.74, 6) is 0.277. The van der Waals surface area contributed by atoms with Gasteiger partial charge >= 0.3 is 0 Å². The van der Waals surface area contributed by atoms with Crippen molar-refractivity contribution in [1.82, 2.24) is 19.5 Å². The van der Waals surface area contributed by atoms with Crippen molar-refractivity contribution in [3.63, 3.8) is 0 Å². The summed E-state index contributed by atoms with van der Waals surface area (Å²) in [4.78, 5) is 11.9. The first-order valence-corrected chi connectivity index (χ1v) is 6.30. The molecule has 0 aliphatic heterocycles. The third-order valence-corrected chi connectivity index (χ3v) is 2.74. The van der Waals surface area contributed by atoms with Crippen LogP contribution in [0.15, 0.2) is 55.1 Å². The molecule has 0 radical (unpaired) electrons. The van der Waals surface area contributed by atoms with Gasteiger partial charge in [-0.2, -0.15) is 0 Å². The van der Waals surface area contributed by atoms with E-state index in [-0.39, 0.29) is 5.95 Å². The second-order valence-electron chi connectivity index (χ2n) is 3.99. The summed E-state index contributed by atoms with van der Waals surface area (Å²) in [5.41, 5.74) is 7.17. The lowest BCUT2D eigenvalue weighted by Gasteiger charge is -2.00. The number of halogens is 1. The average Bonchev–Trinajstić information content (AvgIpc) is 2.87. The quantitative estimate of drug-likeness (QED) is 0.747. The lowest BCUT2D eigenvalue weighted by Crippen LogP contribution is -1.97. The molecule has 0 amide bonds. The van der Waals surface area contributed by atoms with Crippen molar-refractivity contribution in [2.24, 2.45) is 7.05 Å². The van der Waals surface area contributed by atoms with Gasteiger partial charge in [-0.1, -0.05) is 29.8 Å². The monoisotopic (exact) mass is 287 g/mol. The number of aryl methyl sites for hydroxylation is 1. The fourth-order valence-corrected chi connectivity index (χ4v) is 1.68. The van der Waals surface area contributed by atoms with Crippen LogP contribution in [0.2, 0.25) is 5.02 Å². The highest BCUT2D eigenvalue weighted by Crippen LogP contribution is 2.14. The largest absolute Gasteiger partial charge is 0.368 e. The highest BCUT2D eigenvalue weighted by Gasteiger charge is 2.03. The second kappa shape index (κ2) is 6.68. The standard InChI is InChI=1S/C8H9N5.C6H5Cl/c1-13-5-10-4-7(13)6-2-3-11-8(9)12-6;7-6-4-2-1-3-5-6/h2-5H,1H3,(H2,9,11,12);1-5H. The molecule has 102 valence electrons. The summed E-state index contributed by atoms with van der Waals surface area (Å²) in [5, 5.41) is 0.794. The van der Waals surface area contributed by atoms with Crippen LogP contribution in [-0.2, 0) is 7.05 Å². The van der Waals surface area contributed by atoms with Crippen molar-refractivity contribution in [2.75, 3.05) is 5.73 Å². The minimum absolute atomic E-state index is 0.277. The van der Waals surface area contributed by atoms with Crippen LogP contribution in [0.4, 0.5) is 5.95 Å². The molecule has 1 aromatic carbocycles. The fraction of sp³-hybridized carbons (Fsp3) is 0.0714. The summed E-state index contributed by atoms with van der Waals surface area (Å²) in [6, 6.07) is 11.2. The van der Waals surface area contributed by atoms with E-state index in [0.717, 1.165) is 16.4 Å². The van der Waals surface area contributed by atoms with E-state index in [0.29, 0.717) is 0 Å².